The SMILES string of the molecule is C=C(C)COCCC[Si](O[Si](C)(C)CCCC(=O)OC)([Si](C)(C)O[Si](C)(C)C)[Si](C)(C)O[Si](C)(C)C. The molecular formula is C24H58O6Si6. The Labute approximate surface area is 229 Å². The van der Waals surface area contributed by atoms with Crippen molar-refractivity contribution in [2.24, 2.45) is 0 Å². The van der Waals surface area contributed by atoms with Gasteiger partial charge in [-0.3, -0.25) is 4.79 Å². The van der Waals surface area contributed by atoms with Crippen molar-refractivity contribution >= 4 is 53.9 Å². The van der Waals surface area contributed by atoms with E-state index in [9.17, 15) is 4.79 Å². The minimum Gasteiger partial charge on any atom is -0.469 e. The van der Waals surface area contributed by atoms with Gasteiger partial charge in [0.15, 0.2) is 40.6 Å². The van der Waals surface area contributed by atoms with Crippen LogP contribution >= 0.6 is 0 Å². The fourth-order valence-corrected chi connectivity index (χ4v) is 72.4. The van der Waals surface area contributed by atoms with Gasteiger partial charge >= 0.3 is 5.97 Å². The average molecular weight is 611 g/mol. The molecule has 0 saturated heterocycles. The van der Waals surface area contributed by atoms with Crippen LogP contribution in [-0.2, 0) is 26.6 Å². The number of carbonyl (C=O) groups excluding carboxylic acids is 1. The van der Waals surface area contributed by atoms with Crippen molar-refractivity contribution < 1.29 is 26.6 Å². The molecule has 0 aliphatic carbocycles. The molecular weight excluding hydrogens is 553 g/mol. The highest BCUT2D eigenvalue weighted by molar-refractivity contribution is 7.66. The fraction of sp³-hybridized carbons (Fsp3) is 0.875. The van der Waals surface area contributed by atoms with Crippen molar-refractivity contribution in [3.63, 3.8) is 0 Å². The van der Waals surface area contributed by atoms with Gasteiger partial charge in [0.1, 0.15) is 0 Å². The maximum Gasteiger partial charge on any atom is 0.305 e. The fourth-order valence-electron chi connectivity index (χ4n) is 5.27. The summed E-state index contributed by atoms with van der Waals surface area (Å²) in [5.74, 6) is -0.147. The summed E-state index contributed by atoms with van der Waals surface area (Å²) in [6.07, 6.45) is 2.19. The first-order chi connectivity index (χ1) is 16.0. The Bertz CT molecular complexity index is 685. The van der Waals surface area contributed by atoms with Crippen LogP contribution in [0, 0.1) is 0 Å². The summed E-state index contributed by atoms with van der Waals surface area (Å²) in [5.41, 5.74) is 1.04. The van der Waals surface area contributed by atoms with Crippen LogP contribution in [0.5, 0.6) is 0 Å². The number of hydrogen-bond donors (Lipinski definition) is 0. The molecule has 0 saturated carbocycles. The Kier molecular flexibility index (Phi) is 14.3. The van der Waals surface area contributed by atoms with E-state index in [1.165, 1.54) is 7.11 Å². The number of rotatable bonds is 18. The molecule has 0 aliphatic rings. The molecule has 0 aromatic carbocycles. The van der Waals surface area contributed by atoms with Crippen LogP contribution in [0.15, 0.2) is 12.2 Å². The van der Waals surface area contributed by atoms with Crippen molar-refractivity contribution in [3.8, 4) is 0 Å². The lowest BCUT2D eigenvalue weighted by molar-refractivity contribution is -0.140. The molecule has 0 aliphatic heterocycles. The Morgan fingerprint density at radius 1 is 0.722 bits per heavy atom. The standard InChI is InChI=1S/C24H58O6Si6/c1-23(2)22-27-19-17-21-36(34(12,13)28-31(4,5)6,35(14,15)29-32(7,8)9)30-33(10,11)20-16-18-24(25)26-3/h1,16-22H2,2-15H3. The van der Waals surface area contributed by atoms with Gasteiger partial charge in [0.05, 0.1) is 13.7 Å². The van der Waals surface area contributed by atoms with E-state index >= 15 is 0 Å². The first-order valence-electron chi connectivity index (χ1n) is 13.4. The van der Waals surface area contributed by atoms with Gasteiger partial charge < -0.3 is 21.8 Å². The zero-order chi connectivity index (χ0) is 28.6. The highest BCUT2D eigenvalue weighted by Gasteiger charge is 2.66. The van der Waals surface area contributed by atoms with Crippen molar-refractivity contribution in [2.45, 2.75) is 117 Å². The van der Waals surface area contributed by atoms with Crippen molar-refractivity contribution in [1.82, 2.24) is 0 Å². The summed E-state index contributed by atoms with van der Waals surface area (Å²) in [7, 11) is -11.5. The number of esters is 1. The number of carbonyl (C=O) groups is 1. The number of ether oxygens (including phenoxy) is 2. The second kappa shape index (κ2) is 14.1. The average Bonchev–Trinajstić information content (AvgIpc) is 2.61. The summed E-state index contributed by atoms with van der Waals surface area (Å²) in [4.78, 5) is 11.8. The first kappa shape index (κ1) is 36.4. The lowest BCUT2D eigenvalue weighted by atomic mass is 10.3. The van der Waals surface area contributed by atoms with Crippen molar-refractivity contribution in [2.75, 3.05) is 20.3 Å². The van der Waals surface area contributed by atoms with Gasteiger partial charge in [-0.15, -0.1) is 0 Å². The summed E-state index contributed by atoms with van der Waals surface area (Å²) in [5, 5.41) is 0. The summed E-state index contributed by atoms with van der Waals surface area (Å²) < 4.78 is 32.8. The van der Waals surface area contributed by atoms with E-state index in [-0.39, 0.29) is 5.97 Å². The normalized spacial score (nSPS) is 14.2. The van der Waals surface area contributed by atoms with E-state index in [4.69, 9.17) is 21.8 Å². The molecule has 0 heterocycles. The van der Waals surface area contributed by atoms with Gasteiger partial charge in [0.2, 0.25) is 7.35 Å². The zero-order valence-electron chi connectivity index (χ0n) is 26.1. The predicted molar refractivity (Wildman–Crippen MR) is 169 cm³/mol. The van der Waals surface area contributed by atoms with Gasteiger partial charge in [-0.2, -0.15) is 0 Å². The van der Waals surface area contributed by atoms with Crippen LogP contribution in [0.4, 0.5) is 0 Å². The van der Waals surface area contributed by atoms with E-state index in [0.717, 1.165) is 30.5 Å². The molecule has 0 aromatic heterocycles. The van der Waals surface area contributed by atoms with Gasteiger partial charge in [-0.05, 0) is 110 Å². The van der Waals surface area contributed by atoms with Crippen LogP contribution in [0.1, 0.15) is 26.2 Å². The van der Waals surface area contributed by atoms with Gasteiger partial charge in [-0.1, -0.05) is 12.2 Å². The molecule has 0 rings (SSSR count). The van der Waals surface area contributed by atoms with Gasteiger partial charge in [0.25, 0.3) is 0 Å². The van der Waals surface area contributed by atoms with E-state index in [1.54, 1.807) is 0 Å². The summed E-state index contributed by atoms with van der Waals surface area (Å²) >= 11 is 0. The lowest BCUT2D eigenvalue weighted by Gasteiger charge is -2.56. The third-order valence-corrected chi connectivity index (χ3v) is 52.8. The van der Waals surface area contributed by atoms with Crippen molar-refractivity contribution in [3.05, 3.63) is 12.2 Å². The second-order valence-corrected chi connectivity index (χ2v) is 50.4. The highest BCUT2D eigenvalue weighted by atomic mass is 29.7. The topological polar surface area (TPSA) is 63.2 Å². The summed E-state index contributed by atoms with van der Waals surface area (Å²) in [6.45, 7) is 35.3. The highest BCUT2D eigenvalue weighted by Crippen LogP contribution is 2.41. The maximum absolute atomic E-state index is 11.8. The number of methoxy groups -OCH3 is 1. The van der Waals surface area contributed by atoms with E-state index in [0.29, 0.717) is 19.6 Å². The van der Waals surface area contributed by atoms with Crippen LogP contribution in [0.2, 0.25) is 90.7 Å². The van der Waals surface area contributed by atoms with E-state index < -0.39 is 48.0 Å². The molecule has 12 heteroatoms. The quantitative estimate of drug-likeness (QED) is 0.0699. The smallest absolute Gasteiger partial charge is 0.305 e. The maximum atomic E-state index is 11.8. The molecule has 0 atom stereocenters. The molecule has 0 unspecified atom stereocenters. The molecule has 0 bridgehead atoms. The predicted octanol–water partition coefficient (Wildman–Crippen LogP) is 7.36. The molecule has 36 heavy (non-hydrogen) atoms. The van der Waals surface area contributed by atoms with Crippen LogP contribution in [-0.4, -0.2) is 74.3 Å². The third-order valence-electron chi connectivity index (χ3n) is 6.07. The minimum atomic E-state index is -2.52. The lowest BCUT2D eigenvalue weighted by Crippen LogP contribution is -2.81. The van der Waals surface area contributed by atoms with E-state index in [1.807, 2.05) is 6.92 Å². The third kappa shape index (κ3) is 12.9. The largest absolute Gasteiger partial charge is 0.469 e. The van der Waals surface area contributed by atoms with E-state index in [2.05, 4.69) is 85.1 Å². The van der Waals surface area contributed by atoms with Gasteiger partial charge in [0, 0.05) is 13.0 Å². The molecule has 0 radical (unpaired) electrons. The first-order valence-corrected chi connectivity index (χ1v) is 33.3. The van der Waals surface area contributed by atoms with Crippen LogP contribution in [0.3, 0.4) is 0 Å². The molecule has 0 amide bonds. The molecule has 0 spiro atoms. The monoisotopic (exact) mass is 610 g/mol. The Hall–Kier alpha value is 0.351. The zero-order valence-corrected chi connectivity index (χ0v) is 32.1. The molecule has 0 aromatic rings. The Balaban J connectivity index is 6.49. The molecule has 214 valence electrons. The summed E-state index contributed by atoms with van der Waals surface area (Å²) in [6, 6.07) is 1.93. The molecule has 6 nitrogen and oxygen atoms in total. The van der Waals surface area contributed by atoms with Crippen LogP contribution in [0.25, 0.3) is 0 Å². The number of hydrogen-bond acceptors (Lipinski definition) is 6. The molecule has 0 N–H and O–H groups in total. The van der Waals surface area contributed by atoms with Crippen molar-refractivity contribution in [1.29, 1.82) is 0 Å². The van der Waals surface area contributed by atoms with Crippen LogP contribution < -0.4 is 0 Å². The van der Waals surface area contributed by atoms with Gasteiger partial charge in [-0.25, -0.2) is 0 Å². The molecule has 0 fully saturated rings. The Morgan fingerprint density at radius 3 is 1.58 bits per heavy atom. The minimum absolute atomic E-state index is 0.147. The second-order valence-electron chi connectivity index (χ2n) is 13.7. The Morgan fingerprint density at radius 2 is 1.19 bits per heavy atom.